The maximum Gasteiger partial charge on any atom is 0.323 e. The molecule has 18 heavy (non-hydrogen) atoms. The molecule has 1 rings (SSSR count). The lowest BCUT2D eigenvalue weighted by Gasteiger charge is -2.26. The predicted octanol–water partition coefficient (Wildman–Crippen LogP) is 2.35. The smallest absolute Gasteiger partial charge is 0.323 e. The van der Waals surface area contributed by atoms with Gasteiger partial charge in [-0.15, -0.1) is 0 Å². The van der Waals surface area contributed by atoms with Crippen molar-refractivity contribution in [3.8, 4) is 0 Å². The van der Waals surface area contributed by atoms with Crippen LogP contribution in [0.1, 0.15) is 33.6 Å². The van der Waals surface area contributed by atoms with Gasteiger partial charge in [0, 0.05) is 11.5 Å². The summed E-state index contributed by atoms with van der Waals surface area (Å²) in [5.41, 5.74) is 8.70. The molecule has 102 valence electrons. The number of methoxy groups -OCH3 is 1. The molecule has 0 saturated carbocycles. The van der Waals surface area contributed by atoms with Gasteiger partial charge in [-0.25, -0.2) is 0 Å². The van der Waals surface area contributed by atoms with Crippen LogP contribution in [0.5, 0.6) is 0 Å². The minimum Gasteiger partial charge on any atom is -0.468 e. The molecule has 0 aromatic rings. The van der Waals surface area contributed by atoms with Gasteiger partial charge >= 0.3 is 5.97 Å². The van der Waals surface area contributed by atoms with E-state index in [4.69, 9.17) is 10.3 Å². The number of nitrogens with zero attached hydrogens (tertiary/aromatic N) is 4. The molecule has 1 aliphatic heterocycles. The molecule has 0 spiro atoms. The van der Waals surface area contributed by atoms with Gasteiger partial charge in [-0.05, 0) is 30.3 Å². The molecule has 0 N–H and O–H groups in total. The highest BCUT2D eigenvalue weighted by Crippen LogP contribution is 2.25. The number of azide groups is 1. The van der Waals surface area contributed by atoms with Gasteiger partial charge in [0.2, 0.25) is 0 Å². The standard InChI is InChI=1S/C12H22N4O2/c1-12(2,3)5-6-16-8-9(14-15-13)7-10(16)11(17)18-4/h9-10H,5-8H2,1-4H3/t9-,10-/m0/s1. The monoisotopic (exact) mass is 254 g/mol. The van der Waals surface area contributed by atoms with Crippen LogP contribution in [0, 0.1) is 5.41 Å². The summed E-state index contributed by atoms with van der Waals surface area (Å²) in [5.74, 6) is -0.237. The van der Waals surface area contributed by atoms with Crippen LogP contribution in [0.15, 0.2) is 5.11 Å². The van der Waals surface area contributed by atoms with E-state index in [9.17, 15) is 4.79 Å². The van der Waals surface area contributed by atoms with Crippen LogP contribution in [0.25, 0.3) is 10.4 Å². The van der Waals surface area contributed by atoms with Crippen molar-refractivity contribution in [2.24, 2.45) is 10.5 Å². The summed E-state index contributed by atoms with van der Waals surface area (Å²) in [6.45, 7) is 7.96. The van der Waals surface area contributed by atoms with Crippen molar-refractivity contribution in [2.45, 2.75) is 45.7 Å². The van der Waals surface area contributed by atoms with E-state index >= 15 is 0 Å². The van der Waals surface area contributed by atoms with Crippen LogP contribution in [-0.2, 0) is 9.53 Å². The number of hydrogen-bond donors (Lipinski definition) is 0. The molecular weight excluding hydrogens is 232 g/mol. The zero-order chi connectivity index (χ0) is 13.8. The minimum atomic E-state index is -0.271. The van der Waals surface area contributed by atoms with Crippen molar-refractivity contribution in [3.05, 3.63) is 10.4 Å². The van der Waals surface area contributed by atoms with Gasteiger partial charge < -0.3 is 4.74 Å². The number of carbonyl (C=O) groups excluding carboxylic acids is 1. The van der Waals surface area contributed by atoms with Crippen molar-refractivity contribution in [1.82, 2.24) is 4.90 Å². The summed E-state index contributed by atoms with van der Waals surface area (Å²) < 4.78 is 4.81. The van der Waals surface area contributed by atoms with E-state index in [1.165, 1.54) is 7.11 Å². The molecule has 1 saturated heterocycles. The van der Waals surface area contributed by atoms with Gasteiger partial charge in [-0.1, -0.05) is 25.9 Å². The number of hydrogen-bond acceptors (Lipinski definition) is 4. The Morgan fingerprint density at radius 3 is 2.72 bits per heavy atom. The summed E-state index contributed by atoms with van der Waals surface area (Å²) in [7, 11) is 1.39. The number of likely N-dealkylation sites (tertiary alicyclic amines) is 1. The van der Waals surface area contributed by atoms with Crippen LogP contribution in [0.2, 0.25) is 0 Å². The number of esters is 1. The van der Waals surface area contributed by atoms with E-state index in [0.29, 0.717) is 13.0 Å². The minimum absolute atomic E-state index is 0.126. The number of rotatable bonds is 4. The second kappa shape index (κ2) is 6.07. The summed E-state index contributed by atoms with van der Waals surface area (Å²) in [4.78, 5) is 16.6. The Balaban J connectivity index is 2.66. The average molecular weight is 254 g/mol. The van der Waals surface area contributed by atoms with E-state index in [0.717, 1.165) is 13.0 Å². The van der Waals surface area contributed by atoms with Crippen LogP contribution >= 0.6 is 0 Å². The Labute approximate surface area is 108 Å². The third-order valence-corrected chi connectivity index (χ3v) is 3.22. The normalized spacial score (nSPS) is 24.7. The molecule has 6 nitrogen and oxygen atoms in total. The molecule has 0 unspecified atom stereocenters. The van der Waals surface area contributed by atoms with Crippen LogP contribution < -0.4 is 0 Å². The Hall–Kier alpha value is -1.26. The number of ether oxygens (including phenoxy) is 1. The fraction of sp³-hybridized carbons (Fsp3) is 0.917. The first kappa shape index (κ1) is 14.8. The largest absolute Gasteiger partial charge is 0.468 e. The lowest BCUT2D eigenvalue weighted by molar-refractivity contribution is -0.145. The Morgan fingerprint density at radius 2 is 2.22 bits per heavy atom. The molecule has 1 aliphatic rings. The topological polar surface area (TPSA) is 78.3 Å². The lowest BCUT2D eigenvalue weighted by Crippen LogP contribution is -2.38. The van der Waals surface area contributed by atoms with Gasteiger partial charge in [-0.3, -0.25) is 9.69 Å². The highest BCUT2D eigenvalue weighted by molar-refractivity contribution is 5.76. The highest BCUT2D eigenvalue weighted by atomic mass is 16.5. The van der Waals surface area contributed by atoms with Gasteiger partial charge in [0.1, 0.15) is 6.04 Å². The molecule has 0 bridgehead atoms. The van der Waals surface area contributed by atoms with Crippen molar-refractivity contribution < 1.29 is 9.53 Å². The molecule has 0 aromatic carbocycles. The number of carbonyl (C=O) groups is 1. The maximum absolute atomic E-state index is 11.7. The maximum atomic E-state index is 11.7. The first-order valence-corrected chi connectivity index (χ1v) is 6.23. The second-order valence-corrected chi connectivity index (χ2v) is 5.94. The second-order valence-electron chi connectivity index (χ2n) is 5.94. The molecule has 1 fully saturated rings. The van der Waals surface area contributed by atoms with E-state index in [-0.39, 0.29) is 23.5 Å². The van der Waals surface area contributed by atoms with Gasteiger partial charge in [0.05, 0.1) is 13.2 Å². The van der Waals surface area contributed by atoms with Crippen LogP contribution in [0.4, 0.5) is 0 Å². The quantitative estimate of drug-likeness (QED) is 0.334. The fourth-order valence-electron chi connectivity index (χ4n) is 2.14. The van der Waals surface area contributed by atoms with Crippen molar-refractivity contribution in [2.75, 3.05) is 20.2 Å². The molecule has 0 amide bonds. The van der Waals surface area contributed by atoms with E-state index in [1.54, 1.807) is 0 Å². The first-order chi connectivity index (χ1) is 8.37. The fourth-order valence-corrected chi connectivity index (χ4v) is 2.14. The summed E-state index contributed by atoms with van der Waals surface area (Å²) in [5, 5.41) is 3.72. The van der Waals surface area contributed by atoms with Gasteiger partial charge in [0.15, 0.2) is 0 Å². The molecule has 1 heterocycles. The van der Waals surface area contributed by atoms with E-state index in [1.807, 2.05) is 0 Å². The summed E-state index contributed by atoms with van der Waals surface area (Å²) in [6, 6.07) is -0.396. The predicted molar refractivity (Wildman–Crippen MR) is 69.0 cm³/mol. The molecule has 2 atom stereocenters. The first-order valence-electron chi connectivity index (χ1n) is 6.23. The summed E-state index contributed by atoms with van der Waals surface area (Å²) in [6.07, 6.45) is 1.55. The van der Waals surface area contributed by atoms with Crippen molar-refractivity contribution in [1.29, 1.82) is 0 Å². The van der Waals surface area contributed by atoms with Crippen LogP contribution in [0.3, 0.4) is 0 Å². The molecule has 6 heteroatoms. The van der Waals surface area contributed by atoms with Crippen LogP contribution in [-0.4, -0.2) is 43.2 Å². The average Bonchev–Trinajstić information content (AvgIpc) is 2.68. The third kappa shape index (κ3) is 4.20. The van der Waals surface area contributed by atoms with Crippen molar-refractivity contribution in [3.63, 3.8) is 0 Å². The SMILES string of the molecule is COC(=O)[C@@H]1C[C@H](N=[N+]=[N-])CN1CCC(C)(C)C. The van der Waals surface area contributed by atoms with E-state index in [2.05, 4.69) is 35.7 Å². The molecule has 0 aromatic heterocycles. The lowest BCUT2D eigenvalue weighted by atomic mass is 9.92. The Kier molecular flexibility index (Phi) is 4.99. The van der Waals surface area contributed by atoms with Gasteiger partial charge in [-0.2, -0.15) is 0 Å². The zero-order valence-electron chi connectivity index (χ0n) is 11.6. The zero-order valence-corrected chi connectivity index (χ0v) is 11.6. The molecule has 0 aliphatic carbocycles. The van der Waals surface area contributed by atoms with E-state index < -0.39 is 0 Å². The third-order valence-electron chi connectivity index (χ3n) is 3.22. The Bertz CT molecular complexity index is 344. The Morgan fingerprint density at radius 1 is 1.56 bits per heavy atom. The van der Waals surface area contributed by atoms with Gasteiger partial charge in [0.25, 0.3) is 0 Å². The van der Waals surface area contributed by atoms with Crippen molar-refractivity contribution >= 4 is 5.97 Å². The molecule has 0 radical (unpaired) electrons. The molecular formula is C12H22N4O2. The summed E-state index contributed by atoms with van der Waals surface area (Å²) >= 11 is 0. The highest BCUT2D eigenvalue weighted by Gasteiger charge is 2.37.